The Labute approximate surface area is 107 Å². The molecule has 1 N–H and O–H groups in total. The molecular formula is C15H30N2. The highest BCUT2D eigenvalue weighted by molar-refractivity contribution is 4.85. The van der Waals surface area contributed by atoms with Gasteiger partial charge in [-0.2, -0.15) is 0 Å². The van der Waals surface area contributed by atoms with Crippen molar-refractivity contribution in [1.29, 1.82) is 0 Å². The largest absolute Gasteiger partial charge is 0.312 e. The van der Waals surface area contributed by atoms with E-state index in [9.17, 15) is 0 Å². The molecule has 0 aromatic heterocycles. The summed E-state index contributed by atoms with van der Waals surface area (Å²) in [5, 5.41) is 3.74. The quantitative estimate of drug-likeness (QED) is 0.810. The lowest BCUT2D eigenvalue weighted by molar-refractivity contribution is 0.106. The van der Waals surface area contributed by atoms with E-state index in [0.717, 1.165) is 18.0 Å². The lowest BCUT2D eigenvalue weighted by Gasteiger charge is -2.41. The van der Waals surface area contributed by atoms with Crippen molar-refractivity contribution in [3.63, 3.8) is 0 Å². The second-order valence-electron chi connectivity index (χ2n) is 6.11. The van der Waals surface area contributed by atoms with Crippen molar-refractivity contribution in [3.8, 4) is 0 Å². The van der Waals surface area contributed by atoms with Crippen LogP contribution in [-0.4, -0.2) is 36.6 Å². The molecule has 2 heteroatoms. The minimum atomic E-state index is 0.751. The van der Waals surface area contributed by atoms with Crippen molar-refractivity contribution in [1.82, 2.24) is 10.2 Å². The molecule has 2 saturated heterocycles. The fourth-order valence-corrected chi connectivity index (χ4v) is 3.57. The Morgan fingerprint density at radius 2 is 2.06 bits per heavy atom. The van der Waals surface area contributed by atoms with Crippen LogP contribution in [0.5, 0.6) is 0 Å². The van der Waals surface area contributed by atoms with Gasteiger partial charge in [-0.1, -0.05) is 26.7 Å². The predicted octanol–water partition coefficient (Wildman–Crippen LogP) is 3.03. The minimum Gasteiger partial charge on any atom is -0.312 e. The number of piperidine rings is 2. The second kappa shape index (κ2) is 6.75. The van der Waals surface area contributed by atoms with E-state index in [0.29, 0.717) is 0 Å². The second-order valence-corrected chi connectivity index (χ2v) is 6.11. The Morgan fingerprint density at radius 1 is 1.18 bits per heavy atom. The first-order chi connectivity index (χ1) is 8.31. The van der Waals surface area contributed by atoms with Crippen LogP contribution in [0.1, 0.15) is 58.8 Å². The molecule has 0 aliphatic carbocycles. The average molecular weight is 238 g/mol. The van der Waals surface area contributed by atoms with Gasteiger partial charge in [0.05, 0.1) is 0 Å². The molecule has 0 radical (unpaired) electrons. The highest BCUT2D eigenvalue weighted by Crippen LogP contribution is 2.23. The summed E-state index contributed by atoms with van der Waals surface area (Å²) in [4.78, 5) is 2.78. The van der Waals surface area contributed by atoms with E-state index in [-0.39, 0.29) is 0 Å². The third-order valence-corrected chi connectivity index (χ3v) is 4.73. The first-order valence-corrected chi connectivity index (χ1v) is 7.78. The van der Waals surface area contributed by atoms with Gasteiger partial charge in [0, 0.05) is 18.6 Å². The predicted molar refractivity (Wildman–Crippen MR) is 74.3 cm³/mol. The Bertz CT molecular complexity index is 215. The summed E-state index contributed by atoms with van der Waals surface area (Å²) in [6, 6.07) is 1.63. The van der Waals surface area contributed by atoms with Crippen LogP contribution in [0, 0.1) is 5.92 Å². The summed E-state index contributed by atoms with van der Waals surface area (Å²) < 4.78 is 0. The molecule has 2 rings (SSSR count). The standard InChI is InChI=1S/C15H30N2/c1-3-7-14-9-4-5-11-17(14)12-15-13(2)8-6-10-16-15/h13-16H,3-12H2,1-2H3. The van der Waals surface area contributed by atoms with Crippen LogP contribution in [-0.2, 0) is 0 Å². The van der Waals surface area contributed by atoms with Crippen LogP contribution in [0.3, 0.4) is 0 Å². The van der Waals surface area contributed by atoms with E-state index < -0.39 is 0 Å². The van der Waals surface area contributed by atoms with Crippen LogP contribution in [0.15, 0.2) is 0 Å². The number of nitrogens with one attached hydrogen (secondary N) is 1. The molecule has 0 amide bonds. The fourth-order valence-electron chi connectivity index (χ4n) is 3.57. The summed E-state index contributed by atoms with van der Waals surface area (Å²) in [5.74, 6) is 0.868. The van der Waals surface area contributed by atoms with Gasteiger partial charge in [0.1, 0.15) is 0 Å². The van der Waals surface area contributed by atoms with Crippen LogP contribution in [0.2, 0.25) is 0 Å². The third kappa shape index (κ3) is 3.69. The summed E-state index contributed by atoms with van der Waals surface area (Å²) >= 11 is 0. The van der Waals surface area contributed by atoms with Gasteiger partial charge < -0.3 is 5.32 Å². The summed E-state index contributed by atoms with van der Waals surface area (Å²) in [5.41, 5.74) is 0. The summed E-state index contributed by atoms with van der Waals surface area (Å²) in [6.07, 6.45) is 9.85. The molecule has 2 heterocycles. The first-order valence-electron chi connectivity index (χ1n) is 7.78. The van der Waals surface area contributed by atoms with E-state index in [2.05, 4.69) is 24.1 Å². The van der Waals surface area contributed by atoms with Gasteiger partial charge in [0.2, 0.25) is 0 Å². The van der Waals surface area contributed by atoms with E-state index >= 15 is 0 Å². The Morgan fingerprint density at radius 3 is 2.82 bits per heavy atom. The SMILES string of the molecule is CCCC1CCCCN1CC1NCCCC1C. The molecule has 2 nitrogen and oxygen atoms in total. The van der Waals surface area contributed by atoms with Crippen molar-refractivity contribution in [2.24, 2.45) is 5.92 Å². The van der Waals surface area contributed by atoms with E-state index in [1.807, 2.05) is 0 Å². The zero-order valence-electron chi connectivity index (χ0n) is 11.8. The highest BCUT2D eigenvalue weighted by atomic mass is 15.2. The van der Waals surface area contributed by atoms with Gasteiger partial charge in [-0.3, -0.25) is 4.90 Å². The zero-order valence-corrected chi connectivity index (χ0v) is 11.8. The van der Waals surface area contributed by atoms with Crippen LogP contribution in [0.4, 0.5) is 0 Å². The molecule has 3 atom stereocenters. The van der Waals surface area contributed by atoms with E-state index in [1.165, 1.54) is 64.6 Å². The molecule has 0 spiro atoms. The molecule has 2 aliphatic heterocycles. The molecule has 3 unspecified atom stereocenters. The fraction of sp³-hybridized carbons (Fsp3) is 1.00. The minimum absolute atomic E-state index is 0.751. The summed E-state index contributed by atoms with van der Waals surface area (Å²) in [6.45, 7) is 8.63. The third-order valence-electron chi connectivity index (χ3n) is 4.73. The van der Waals surface area contributed by atoms with Crippen molar-refractivity contribution in [2.75, 3.05) is 19.6 Å². The lowest BCUT2D eigenvalue weighted by Crippen LogP contribution is -2.51. The van der Waals surface area contributed by atoms with E-state index in [4.69, 9.17) is 0 Å². The van der Waals surface area contributed by atoms with Crippen LogP contribution in [0.25, 0.3) is 0 Å². The monoisotopic (exact) mass is 238 g/mol. The molecule has 100 valence electrons. The number of rotatable bonds is 4. The first kappa shape index (κ1) is 13.4. The average Bonchev–Trinajstić information content (AvgIpc) is 2.35. The van der Waals surface area contributed by atoms with Gasteiger partial charge in [0.25, 0.3) is 0 Å². The van der Waals surface area contributed by atoms with Crippen LogP contribution >= 0.6 is 0 Å². The van der Waals surface area contributed by atoms with Gasteiger partial charge in [-0.15, -0.1) is 0 Å². The molecule has 17 heavy (non-hydrogen) atoms. The molecular weight excluding hydrogens is 208 g/mol. The Balaban J connectivity index is 1.85. The van der Waals surface area contributed by atoms with Gasteiger partial charge in [-0.05, 0) is 51.1 Å². The molecule has 0 bridgehead atoms. The number of hydrogen-bond donors (Lipinski definition) is 1. The molecule has 0 saturated carbocycles. The Hall–Kier alpha value is -0.0800. The molecule has 0 aromatic rings. The summed E-state index contributed by atoms with van der Waals surface area (Å²) in [7, 11) is 0. The maximum Gasteiger partial charge on any atom is 0.0220 e. The maximum atomic E-state index is 3.74. The Kier molecular flexibility index (Phi) is 5.30. The van der Waals surface area contributed by atoms with Crippen molar-refractivity contribution in [3.05, 3.63) is 0 Å². The van der Waals surface area contributed by atoms with Crippen molar-refractivity contribution >= 4 is 0 Å². The molecule has 2 fully saturated rings. The van der Waals surface area contributed by atoms with Crippen molar-refractivity contribution < 1.29 is 0 Å². The van der Waals surface area contributed by atoms with E-state index in [1.54, 1.807) is 0 Å². The number of nitrogens with zero attached hydrogens (tertiary/aromatic N) is 1. The van der Waals surface area contributed by atoms with Crippen LogP contribution < -0.4 is 5.32 Å². The van der Waals surface area contributed by atoms with Crippen molar-refractivity contribution in [2.45, 2.75) is 70.9 Å². The maximum absolute atomic E-state index is 3.74. The highest BCUT2D eigenvalue weighted by Gasteiger charge is 2.27. The zero-order chi connectivity index (χ0) is 12.1. The normalized spacial score (nSPS) is 36.0. The molecule has 0 aromatic carbocycles. The number of hydrogen-bond acceptors (Lipinski definition) is 2. The van der Waals surface area contributed by atoms with Gasteiger partial charge in [0.15, 0.2) is 0 Å². The smallest absolute Gasteiger partial charge is 0.0220 e. The topological polar surface area (TPSA) is 15.3 Å². The van der Waals surface area contributed by atoms with Gasteiger partial charge >= 0.3 is 0 Å². The van der Waals surface area contributed by atoms with Gasteiger partial charge in [-0.25, -0.2) is 0 Å². The number of likely N-dealkylation sites (tertiary alicyclic amines) is 1. The lowest BCUT2D eigenvalue weighted by atomic mass is 9.90. The molecule has 2 aliphatic rings.